The highest BCUT2D eigenvalue weighted by molar-refractivity contribution is 8.15. The summed E-state index contributed by atoms with van der Waals surface area (Å²) in [7, 11) is -1.57. The molecule has 122 valence electrons. The van der Waals surface area contributed by atoms with Crippen molar-refractivity contribution in [1.82, 2.24) is 5.32 Å². The van der Waals surface area contributed by atoms with Gasteiger partial charge in [0.05, 0.1) is 18.6 Å². The van der Waals surface area contributed by atoms with Crippen LogP contribution in [0.2, 0.25) is 0 Å². The molecule has 0 spiro atoms. The Balaban J connectivity index is 2.15. The fourth-order valence-corrected chi connectivity index (χ4v) is 2.44. The van der Waals surface area contributed by atoms with Crippen molar-refractivity contribution in [1.29, 1.82) is 0 Å². The van der Waals surface area contributed by atoms with Gasteiger partial charge in [-0.2, -0.15) is 5.10 Å². The number of nitrogens with one attached hydrogen (secondary N) is 1. The van der Waals surface area contributed by atoms with Crippen molar-refractivity contribution >= 4 is 41.6 Å². The second-order valence-electron chi connectivity index (χ2n) is 4.86. The lowest BCUT2D eigenvalue weighted by Gasteiger charge is -2.10. The van der Waals surface area contributed by atoms with Crippen LogP contribution in [0.4, 0.5) is 0 Å². The summed E-state index contributed by atoms with van der Waals surface area (Å²) in [5, 5.41) is 29.4. The van der Waals surface area contributed by atoms with E-state index in [-0.39, 0.29) is 5.91 Å². The lowest BCUT2D eigenvalue weighted by atomic mass is 9.79. The van der Waals surface area contributed by atoms with Crippen LogP contribution in [0.1, 0.15) is 25.3 Å². The zero-order chi connectivity index (χ0) is 16.7. The molecule has 1 fully saturated rings. The Morgan fingerprint density at radius 3 is 2.96 bits per heavy atom. The van der Waals surface area contributed by atoms with Crippen molar-refractivity contribution in [3.63, 3.8) is 0 Å². The quantitative estimate of drug-likeness (QED) is 0.284. The summed E-state index contributed by atoms with van der Waals surface area (Å²) in [6.07, 6.45) is 3.40. The lowest BCUT2D eigenvalue weighted by molar-refractivity contribution is -0.116. The number of nitrogens with zero attached hydrogens (tertiary/aromatic N) is 2. The van der Waals surface area contributed by atoms with E-state index < -0.39 is 7.12 Å². The maximum atomic E-state index is 11.1. The van der Waals surface area contributed by atoms with Gasteiger partial charge in [0, 0.05) is 5.56 Å². The minimum absolute atomic E-state index is 0.0991. The van der Waals surface area contributed by atoms with Crippen LogP contribution in [0.15, 0.2) is 28.4 Å². The average molecular weight is 335 g/mol. The Labute approximate surface area is 139 Å². The highest BCUT2D eigenvalue weighted by Crippen LogP contribution is 2.16. The Morgan fingerprint density at radius 2 is 2.30 bits per heavy atom. The number of rotatable bonds is 7. The fraction of sp³-hybridized carbons (Fsp3) is 0.357. The summed E-state index contributed by atoms with van der Waals surface area (Å²) < 4.78 is 5.67. The molecule has 1 saturated heterocycles. The number of carbonyl (C=O) groups is 1. The Kier molecular flexibility index (Phi) is 6.63. The van der Waals surface area contributed by atoms with E-state index in [1.165, 1.54) is 18.0 Å². The third-order valence-corrected chi connectivity index (χ3v) is 3.88. The average Bonchev–Trinajstić information content (AvgIpc) is 2.94. The number of hydrogen-bond acceptors (Lipinski definition) is 7. The molecular weight excluding hydrogens is 317 g/mol. The first-order valence-corrected chi connectivity index (χ1v) is 8.25. The van der Waals surface area contributed by atoms with E-state index in [2.05, 4.69) is 22.4 Å². The van der Waals surface area contributed by atoms with Crippen molar-refractivity contribution in [3.05, 3.63) is 23.8 Å². The molecule has 1 amide bonds. The summed E-state index contributed by atoms with van der Waals surface area (Å²) in [4.78, 5) is 11.1. The molecule has 0 saturated carbocycles. The number of amides is 1. The standard InChI is InChI=1S/C14H18BN3O4S/c1-2-3-6-22-12-5-4-11(15(20)21)7-10(12)8-16-18-14-17-13(19)9-23-14/h4-5,7-8,20-21H,2-3,6,9H2,1H3,(H,17,18,19). The van der Waals surface area contributed by atoms with Crippen molar-refractivity contribution < 1.29 is 19.6 Å². The summed E-state index contributed by atoms with van der Waals surface area (Å²) in [6.45, 7) is 2.64. The number of benzene rings is 1. The molecule has 0 radical (unpaired) electrons. The number of ether oxygens (including phenoxy) is 1. The predicted octanol–water partition coefficient (Wildman–Crippen LogP) is 0.0982. The molecule has 23 heavy (non-hydrogen) atoms. The van der Waals surface area contributed by atoms with E-state index in [9.17, 15) is 14.8 Å². The van der Waals surface area contributed by atoms with Gasteiger partial charge >= 0.3 is 7.12 Å². The smallest absolute Gasteiger partial charge is 0.488 e. The van der Waals surface area contributed by atoms with Gasteiger partial charge in [-0.3, -0.25) is 4.79 Å². The van der Waals surface area contributed by atoms with E-state index in [0.29, 0.717) is 34.3 Å². The summed E-state index contributed by atoms with van der Waals surface area (Å²) in [5.41, 5.74) is 0.927. The van der Waals surface area contributed by atoms with Crippen molar-refractivity contribution in [3.8, 4) is 5.75 Å². The molecule has 1 heterocycles. The van der Waals surface area contributed by atoms with Crippen molar-refractivity contribution in [2.75, 3.05) is 12.4 Å². The maximum Gasteiger partial charge on any atom is 0.488 e. The normalized spacial score (nSPS) is 16.1. The molecule has 1 aromatic carbocycles. The monoisotopic (exact) mass is 335 g/mol. The van der Waals surface area contributed by atoms with Gasteiger partial charge in [0.2, 0.25) is 5.91 Å². The van der Waals surface area contributed by atoms with Crippen molar-refractivity contribution in [2.45, 2.75) is 19.8 Å². The van der Waals surface area contributed by atoms with Crippen LogP contribution in [0.25, 0.3) is 0 Å². The van der Waals surface area contributed by atoms with Gasteiger partial charge in [-0.1, -0.05) is 31.2 Å². The Morgan fingerprint density at radius 1 is 1.48 bits per heavy atom. The summed E-state index contributed by atoms with van der Waals surface area (Å²) in [6, 6.07) is 4.84. The zero-order valence-electron chi connectivity index (χ0n) is 12.7. The third-order valence-electron chi connectivity index (χ3n) is 3.02. The third kappa shape index (κ3) is 5.38. The van der Waals surface area contributed by atoms with Crippen LogP contribution in [0.5, 0.6) is 5.75 Å². The van der Waals surface area contributed by atoms with E-state index in [1.807, 2.05) is 0 Å². The SMILES string of the molecule is CCCCOc1ccc(B(O)O)cc1C=NN=C1NC(=O)CS1. The molecule has 1 aliphatic rings. The largest absolute Gasteiger partial charge is 0.493 e. The zero-order valence-corrected chi connectivity index (χ0v) is 13.5. The number of carbonyl (C=O) groups excluding carboxylic acids is 1. The Hall–Kier alpha value is -1.84. The Bertz CT molecular complexity index is 622. The maximum absolute atomic E-state index is 11.1. The second-order valence-corrected chi connectivity index (χ2v) is 5.82. The minimum atomic E-state index is -1.57. The van der Waals surface area contributed by atoms with Gasteiger partial charge in [-0.25, -0.2) is 0 Å². The van der Waals surface area contributed by atoms with Crippen LogP contribution in [0, 0.1) is 0 Å². The van der Waals surface area contributed by atoms with Crippen LogP contribution < -0.4 is 15.5 Å². The number of unbranched alkanes of at least 4 members (excludes halogenated alkanes) is 1. The van der Waals surface area contributed by atoms with Crippen LogP contribution in [-0.4, -0.2) is 46.8 Å². The molecule has 0 atom stereocenters. The molecule has 1 aliphatic heterocycles. The number of thioether (sulfide) groups is 1. The van der Waals surface area contributed by atoms with E-state index in [1.54, 1.807) is 18.2 Å². The van der Waals surface area contributed by atoms with Gasteiger partial charge in [0.15, 0.2) is 5.17 Å². The molecule has 0 unspecified atom stereocenters. The van der Waals surface area contributed by atoms with Gasteiger partial charge in [-0.05, 0) is 24.0 Å². The van der Waals surface area contributed by atoms with E-state index >= 15 is 0 Å². The summed E-state index contributed by atoms with van der Waals surface area (Å²) >= 11 is 1.28. The molecular formula is C14H18BN3O4S. The molecule has 0 bridgehead atoms. The fourth-order valence-electron chi connectivity index (χ4n) is 1.81. The minimum Gasteiger partial charge on any atom is -0.493 e. The molecule has 0 aromatic heterocycles. The van der Waals surface area contributed by atoms with Crippen LogP contribution >= 0.6 is 11.8 Å². The second kappa shape index (κ2) is 8.71. The van der Waals surface area contributed by atoms with E-state index in [4.69, 9.17) is 4.74 Å². The van der Waals surface area contributed by atoms with Crippen LogP contribution in [0.3, 0.4) is 0 Å². The molecule has 9 heteroatoms. The highest BCUT2D eigenvalue weighted by atomic mass is 32.2. The molecule has 1 aromatic rings. The highest BCUT2D eigenvalue weighted by Gasteiger charge is 2.16. The predicted molar refractivity (Wildman–Crippen MR) is 92.3 cm³/mol. The number of hydrogen-bond donors (Lipinski definition) is 3. The first kappa shape index (κ1) is 17.5. The lowest BCUT2D eigenvalue weighted by Crippen LogP contribution is -2.30. The van der Waals surface area contributed by atoms with Gasteiger partial charge in [-0.15, -0.1) is 5.10 Å². The molecule has 3 N–H and O–H groups in total. The van der Waals surface area contributed by atoms with Crippen molar-refractivity contribution in [2.24, 2.45) is 10.2 Å². The summed E-state index contributed by atoms with van der Waals surface area (Å²) in [5.74, 6) is 0.833. The van der Waals surface area contributed by atoms with Gasteiger partial charge < -0.3 is 20.1 Å². The van der Waals surface area contributed by atoms with Gasteiger partial charge in [0.25, 0.3) is 0 Å². The van der Waals surface area contributed by atoms with Crippen LogP contribution in [-0.2, 0) is 4.79 Å². The number of amidine groups is 1. The van der Waals surface area contributed by atoms with Gasteiger partial charge in [0.1, 0.15) is 5.75 Å². The molecule has 2 rings (SSSR count). The molecule has 0 aliphatic carbocycles. The molecule has 7 nitrogen and oxygen atoms in total. The van der Waals surface area contributed by atoms with E-state index in [0.717, 1.165) is 12.8 Å². The first-order chi connectivity index (χ1) is 11.1. The first-order valence-electron chi connectivity index (χ1n) is 7.26. The topological polar surface area (TPSA) is 104 Å².